The highest BCUT2D eigenvalue weighted by Gasteiger charge is 2.13. The smallest absolute Gasteiger partial charge is 0.251 e. The number of rotatable bonds is 4. The number of nitrogens with two attached hydrogens (primary N) is 1. The molecule has 3 heteroatoms. The highest BCUT2D eigenvalue weighted by atomic mass is 19.1. The molecule has 1 aromatic rings. The highest BCUT2D eigenvalue weighted by molar-refractivity contribution is 5.94. The summed E-state index contributed by atoms with van der Waals surface area (Å²) in [4.78, 5) is 11.0. The number of allylic oxidation sites excluding steroid dienone is 4. The Bertz CT molecular complexity index is 475. The SMILES string of the molecule is C=C/C=C(\C=C)c1cccc(C(N)=O)c1F. The number of hydrogen-bond acceptors (Lipinski definition) is 1. The molecular formula is C13H12FNO. The van der Waals surface area contributed by atoms with Crippen LogP contribution < -0.4 is 5.73 Å². The lowest BCUT2D eigenvalue weighted by atomic mass is 10.0. The van der Waals surface area contributed by atoms with Gasteiger partial charge in [-0.2, -0.15) is 0 Å². The van der Waals surface area contributed by atoms with Crippen LogP contribution in [0.5, 0.6) is 0 Å². The molecule has 0 aliphatic carbocycles. The van der Waals surface area contributed by atoms with Crippen LogP contribution in [0.1, 0.15) is 15.9 Å². The lowest BCUT2D eigenvalue weighted by Gasteiger charge is -2.06. The molecule has 1 aromatic carbocycles. The van der Waals surface area contributed by atoms with Crippen LogP contribution in [-0.2, 0) is 0 Å². The van der Waals surface area contributed by atoms with Gasteiger partial charge in [0.25, 0.3) is 5.91 Å². The van der Waals surface area contributed by atoms with E-state index < -0.39 is 11.7 Å². The number of carbonyl (C=O) groups is 1. The van der Waals surface area contributed by atoms with E-state index in [1.54, 1.807) is 18.2 Å². The van der Waals surface area contributed by atoms with Crippen LogP contribution in [0.25, 0.3) is 5.57 Å². The molecule has 0 aromatic heterocycles. The van der Waals surface area contributed by atoms with Crippen LogP contribution in [0.2, 0.25) is 0 Å². The topological polar surface area (TPSA) is 43.1 Å². The lowest BCUT2D eigenvalue weighted by Crippen LogP contribution is -2.13. The lowest BCUT2D eigenvalue weighted by molar-refractivity contribution is 0.0996. The van der Waals surface area contributed by atoms with Gasteiger partial charge >= 0.3 is 0 Å². The van der Waals surface area contributed by atoms with Gasteiger partial charge in [0.15, 0.2) is 0 Å². The molecule has 2 N–H and O–H groups in total. The fourth-order valence-corrected chi connectivity index (χ4v) is 1.34. The van der Waals surface area contributed by atoms with Gasteiger partial charge in [-0.05, 0) is 11.6 Å². The Hall–Kier alpha value is -2.16. The fourth-order valence-electron chi connectivity index (χ4n) is 1.34. The number of primary amides is 1. The average Bonchev–Trinajstić information content (AvgIpc) is 2.26. The number of carbonyl (C=O) groups excluding carboxylic acids is 1. The van der Waals surface area contributed by atoms with Gasteiger partial charge < -0.3 is 5.73 Å². The van der Waals surface area contributed by atoms with Crippen molar-refractivity contribution in [2.24, 2.45) is 5.73 Å². The van der Waals surface area contributed by atoms with Gasteiger partial charge in [0, 0.05) is 5.56 Å². The first-order valence-electron chi connectivity index (χ1n) is 4.65. The Morgan fingerprint density at radius 2 is 1.94 bits per heavy atom. The molecule has 0 fully saturated rings. The minimum atomic E-state index is -0.790. The van der Waals surface area contributed by atoms with Gasteiger partial charge in [-0.3, -0.25) is 4.79 Å². The van der Waals surface area contributed by atoms with Crippen LogP contribution in [-0.4, -0.2) is 5.91 Å². The molecule has 2 nitrogen and oxygen atoms in total. The van der Waals surface area contributed by atoms with E-state index in [1.807, 2.05) is 0 Å². The third-order valence-corrected chi connectivity index (χ3v) is 2.09. The summed E-state index contributed by atoms with van der Waals surface area (Å²) in [6.07, 6.45) is 4.62. The van der Waals surface area contributed by atoms with E-state index in [4.69, 9.17) is 5.73 Å². The second-order valence-electron chi connectivity index (χ2n) is 3.09. The first kappa shape index (κ1) is 11.9. The summed E-state index contributed by atoms with van der Waals surface area (Å²) < 4.78 is 13.9. The van der Waals surface area contributed by atoms with Crippen molar-refractivity contribution < 1.29 is 9.18 Å². The van der Waals surface area contributed by atoms with Crippen molar-refractivity contribution in [3.63, 3.8) is 0 Å². The van der Waals surface area contributed by atoms with Crippen LogP contribution in [0.15, 0.2) is 49.6 Å². The van der Waals surface area contributed by atoms with Crippen molar-refractivity contribution in [1.29, 1.82) is 0 Å². The minimum absolute atomic E-state index is 0.130. The van der Waals surface area contributed by atoms with E-state index in [0.717, 1.165) is 0 Å². The molecule has 0 spiro atoms. The van der Waals surface area contributed by atoms with Gasteiger partial charge in [-0.1, -0.05) is 43.5 Å². The quantitative estimate of drug-likeness (QED) is 0.774. The summed E-state index contributed by atoms with van der Waals surface area (Å²) >= 11 is 0. The molecule has 0 unspecified atom stereocenters. The Balaban J connectivity index is 3.40. The molecule has 0 radical (unpaired) electrons. The van der Waals surface area contributed by atoms with Crippen LogP contribution >= 0.6 is 0 Å². The van der Waals surface area contributed by atoms with E-state index in [2.05, 4.69) is 13.2 Å². The van der Waals surface area contributed by atoms with Gasteiger partial charge in [0.1, 0.15) is 5.82 Å². The van der Waals surface area contributed by atoms with E-state index in [9.17, 15) is 9.18 Å². The number of hydrogen-bond donors (Lipinski definition) is 1. The summed E-state index contributed by atoms with van der Waals surface area (Å²) in [5.74, 6) is -1.43. The average molecular weight is 217 g/mol. The Morgan fingerprint density at radius 1 is 1.31 bits per heavy atom. The Kier molecular flexibility index (Phi) is 3.78. The molecular weight excluding hydrogens is 205 g/mol. The fraction of sp³-hybridized carbons (Fsp3) is 0. The normalized spacial score (nSPS) is 10.9. The zero-order valence-electron chi connectivity index (χ0n) is 8.74. The molecule has 0 saturated heterocycles. The summed E-state index contributed by atoms with van der Waals surface area (Å²) in [6, 6.07) is 4.47. The van der Waals surface area contributed by atoms with Crippen LogP contribution in [0, 0.1) is 5.82 Å². The van der Waals surface area contributed by atoms with Crippen molar-refractivity contribution >= 4 is 11.5 Å². The predicted octanol–water partition coefficient (Wildman–Crippen LogP) is 2.68. The number of amides is 1. The monoisotopic (exact) mass is 217 g/mol. The largest absolute Gasteiger partial charge is 0.366 e. The molecule has 0 bridgehead atoms. The summed E-state index contributed by atoms with van der Waals surface area (Å²) in [5, 5.41) is 0. The molecule has 82 valence electrons. The van der Waals surface area contributed by atoms with Crippen molar-refractivity contribution in [2.45, 2.75) is 0 Å². The van der Waals surface area contributed by atoms with E-state index in [0.29, 0.717) is 5.57 Å². The molecule has 0 aliphatic heterocycles. The molecule has 0 atom stereocenters. The molecule has 1 rings (SSSR count). The van der Waals surface area contributed by atoms with Crippen molar-refractivity contribution in [1.82, 2.24) is 0 Å². The maximum absolute atomic E-state index is 13.9. The van der Waals surface area contributed by atoms with Crippen molar-refractivity contribution in [2.75, 3.05) is 0 Å². The standard InChI is InChI=1S/C13H12FNO/c1-3-6-9(4-2)10-7-5-8-11(12(10)14)13(15)16/h3-8H,1-2H2,(H2,15,16)/b9-6+. The van der Waals surface area contributed by atoms with E-state index in [1.165, 1.54) is 18.2 Å². The number of halogens is 1. The molecule has 0 heterocycles. The molecule has 16 heavy (non-hydrogen) atoms. The van der Waals surface area contributed by atoms with Gasteiger partial charge in [-0.25, -0.2) is 4.39 Å². The highest BCUT2D eigenvalue weighted by Crippen LogP contribution is 2.21. The summed E-state index contributed by atoms with van der Waals surface area (Å²) in [6.45, 7) is 7.10. The van der Waals surface area contributed by atoms with E-state index in [-0.39, 0.29) is 11.1 Å². The van der Waals surface area contributed by atoms with Crippen molar-refractivity contribution in [3.05, 3.63) is 66.5 Å². The first-order chi connectivity index (χ1) is 7.61. The first-order valence-corrected chi connectivity index (χ1v) is 4.65. The second kappa shape index (κ2) is 5.07. The van der Waals surface area contributed by atoms with E-state index >= 15 is 0 Å². The summed E-state index contributed by atoms with van der Waals surface area (Å²) in [5.41, 5.74) is 5.76. The minimum Gasteiger partial charge on any atom is -0.366 e. The van der Waals surface area contributed by atoms with Gasteiger partial charge in [0.2, 0.25) is 0 Å². The van der Waals surface area contributed by atoms with Crippen LogP contribution in [0.3, 0.4) is 0 Å². The predicted molar refractivity (Wildman–Crippen MR) is 63.3 cm³/mol. The van der Waals surface area contributed by atoms with Gasteiger partial charge in [0.05, 0.1) is 5.56 Å². The molecule has 0 aliphatic rings. The Labute approximate surface area is 93.6 Å². The second-order valence-corrected chi connectivity index (χ2v) is 3.09. The zero-order valence-corrected chi connectivity index (χ0v) is 8.74. The Morgan fingerprint density at radius 3 is 2.44 bits per heavy atom. The molecule has 1 amide bonds. The maximum atomic E-state index is 13.9. The maximum Gasteiger partial charge on any atom is 0.251 e. The third kappa shape index (κ3) is 2.25. The number of benzene rings is 1. The third-order valence-electron chi connectivity index (χ3n) is 2.09. The summed E-state index contributed by atoms with van der Waals surface area (Å²) in [7, 11) is 0. The zero-order chi connectivity index (χ0) is 12.1. The van der Waals surface area contributed by atoms with Gasteiger partial charge in [-0.15, -0.1) is 0 Å². The van der Waals surface area contributed by atoms with Crippen LogP contribution in [0.4, 0.5) is 4.39 Å². The molecule has 0 saturated carbocycles. The van der Waals surface area contributed by atoms with Crippen molar-refractivity contribution in [3.8, 4) is 0 Å².